The van der Waals surface area contributed by atoms with Crippen LogP contribution in [-0.4, -0.2) is 23.3 Å². The van der Waals surface area contributed by atoms with Crippen molar-refractivity contribution in [2.45, 2.75) is 12.3 Å². The van der Waals surface area contributed by atoms with E-state index >= 15 is 0 Å². The van der Waals surface area contributed by atoms with Gasteiger partial charge in [0.2, 0.25) is 5.91 Å². The Kier molecular flexibility index (Phi) is 3.33. The van der Waals surface area contributed by atoms with Crippen molar-refractivity contribution < 1.29 is 9.59 Å². The molecule has 0 aromatic heterocycles. The average molecular weight is 265 g/mol. The first-order chi connectivity index (χ1) is 9.75. The van der Waals surface area contributed by atoms with Crippen LogP contribution in [-0.2, 0) is 4.79 Å². The third kappa shape index (κ3) is 2.35. The van der Waals surface area contributed by atoms with Crippen molar-refractivity contribution in [3.63, 3.8) is 0 Å². The third-order valence-corrected chi connectivity index (χ3v) is 3.66. The topological polar surface area (TPSA) is 37.4 Å². The molecule has 1 fully saturated rings. The summed E-state index contributed by atoms with van der Waals surface area (Å²) in [6.07, 6.45) is 0.405. The second-order valence-corrected chi connectivity index (χ2v) is 4.99. The van der Waals surface area contributed by atoms with Crippen molar-refractivity contribution in [3.05, 3.63) is 71.8 Å². The Morgan fingerprint density at radius 2 is 1.55 bits per heavy atom. The van der Waals surface area contributed by atoms with E-state index in [4.69, 9.17) is 0 Å². The van der Waals surface area contributed by atoms with E-state index in [0.29, 0.717) is 18.5 Å². The fourth-order valence-corrected chi connectivity index (χ4v) is 2.59. The molecule has 0 saturated carbocycles. The highest BCUT2D eigenvalue weighted by molar-refractivity contribution is 6.05. The molecule has 1 heterocycles. The first-order valence-electron chi connectivity index (χ1n) is 6.70. The highest BCUT2D eigenvalue weighted by Crippen LogP contribution is 2.28. The lowest BCUT2D eigenvalue weighted by molar-refractivity contribution is -0.125. The molecule has 1 saturated heterocycles. The Labute approximate surface area is 117 Å². The van der Waals surface area contributed by atoms with Crippen LogP contribution < -0.4 is 0 Å². The van der Waals surface area contributed by atoms with Crippen molar-refractivity contribution in [3.8, 4) is 0 Å². The zero-order chi connectivity index (χ0) is 13.9. The van der Waals surface area contributed by atoms with E-state index in [0.717, 1.165) is 5.56 Å². The van der Waals surface area contributed by atoms with Crippen LogP contribution in [0.15, 0.2) is 60.7 Å². The van der Waals surface area contributed by atoms with Crippen molar-refractivity contribution in [1.82, 2.24) is 4.90 Å². The normalized spacial score (nSPS) is 18.3. The van der Waals surface area contributed by atoms with Gasteiger partial charge in [0.1, 0.15) is 0 Å². The third-order valence-electron chi connectivity index (χ3n) is 3.66. The number of rotatable bonds is 2. The Morgan fingerprint density at radius 3 is 2.20 bits per heavy atom. The van der Waals surface area contributed by atoms with Crippen molar-refractivity contribution >= 4 is 11.8 Å². The molecular weight excluding hydrogens is 250 g/mol. The van der Waals surface area contributed by atoms with Crippen LogP contribution in [0.25, 0.3) is 0 Å². The Morgan fingerprint density at radius 1 is 0.950 bits per heavy atom. The molecule has 3 heteroatoms. The van der Waals surface area contributed by atoms with Gasteiger partial charge in [-0.15, -0.1) is 0 Å². The van der Waals surface area contributed by atoms with E-state index in [1.807, 2.05) is 48.5 Å². The van der Waals surface area contributed by atoms with E-state index in [1.165, 1.54) is 4.90 Å². The number of nitrogens with zero attached hydrogens (tertiary/aromatic N) is 1. The zero-order valence-electron chi connectivity index (χ0n) is 11.0. The van der Waals surface area contributed by atoms with Gasteiger partial charge in [-0.3, -0.25) is 14.5 Å². The number of carbonyl (C=O) groups excluding carboxylic acids is 2. The van der Waals surface area contributed by atoms with Gasteiger partial charge in [-0.1, -0.05) is 48.5 Å². The van der Waals surface area contributed by atoms with Crippen molar-refractivity contribution in [2.24, 2.45) is 0 Å². The fraction of sp³-hybridized carbons (Fsp3) is 0.176. The Balaban J connectivity index is 1.80. The van der Waals surface area contributed by atoms with Crippen LogP contribution in [0, 0.1) is 0 Å². The molecule has 1 aliphatic heterocycles. The quantitative estimate of drug-likeness (QED) is 0.783. The lowest BCUT2D eigenvalue weighted by Crippen LogP contribution is -2.32. The standard InChI is InChI=1S/C17H15NO2/c19-16-11-15(13-7-3-1-4-8-13)12-18(16)17(20)14-9-5-2-6-10-14/h1-10,15H,11-12H2/t15-/m0/s1. The van der Waals surface area contributed by atoms with Crippen molar-refractivity contribution in [1.29, 1.82) is 0 Å². The number of hydrogen-bond donors (Lipinski definition) is 0. The molecule has 0 spiro atoms. The molecular formula is C17H15NO2. The lowest BCUT2D eigenvalue weighted by Gasteiger charge is -2.15. The largest absolute Gasteiger partial charge is 0.278 e. The maximum absolute atomic E-state index is 12.3. The minimum Gasteiger partial charge on any atom is -0.278 e. The van der Waals surface area contributed by atoms with Crippen molar-refractivity contribution in [2.75, 3.05) is 6.54 Å². The molecule has 2 aromatic rings. The molecule has 2 aromatic carbocycles. The van der Waals surface area contributed by atoms with Gasteiger partial charge in [-0.25, -0.2) is 0 Å². The van der Waals surface area contributed by atoms with Gasteiger partial charge in [0.25, 0.3) is 5.91 Å². The fourth-order valence-electron chi connectivity index (χ4n) is 2.59. The SMILES string of the molecule is O=C1C[C@H](c2ccccc2)CN1C(=O)c1ccccc1. The maximum atomic E-state index is 12.3. The van der Waals surface area contributed by atoms with Gasteiger partial charge in [0.05, 0.1) is 0 Å². The molecule has 20 heavy (non-hydrogen) atoms. The van der Waals surface area contributed by atoms with E-state index in [9.17, 15) is 9.59 Å². The number of imide groups is 1. The van der Waals surface area contributed by atoms with Crippen LogP contribution >= 0.6 is 0 Å². The Bertz CT molecular complexity index is 622. The van der Waals surface area contributed by atoms with Gasteiger partial charge < -0.3 is 0 Å². The average Bonchev–Trinajstić information content (AvgIpc) is 2.90. The number of likely N-dealkylation sites (tertiary alicyclic amines) is 1. The monoisotopic (exact) mass is 265 g/mol. The summed E-state index contributed by atoms with van der Waals surface area (Å²) >= 11 is 0. The molecule has 1 aliphatic rings. The van der Waals surface area contributed by atoms with Gasteiger partial charge in [0.15, 0.2) is 0 Å². The molecule has 3 rings (SSSR count). The van der Waals surface area contributed by atoms with E-state index in [1.54, 1.807) is 12.1 Å². The number of hydrogen-bond acceptors (Lipinski definition) is 2. The minimum atomic E-state index is -0.200. The lowest BCUT2D eigenvalue weighted by atomic mass is 9.98. The van der Waals surface area contributed by atoms with E-state index in [-0.39, 0.29) is 17.7 Å². The molecule has 0 aliphatic carbocycles. The molecule has 0 bridgehead atoms. The summed E-state index contributed by atoms with van der Waals surface area (Å²) in [6, 6.07) is 18.8. The predicted molar refractivity (Wildman–Crippen MR) is 76.3 cm³/mol. The summed E-state index contributed by atoms with van der Waals surface area (Å²) in [5, 5.41) is 0. The van der Waals surface area contributed by atoms with Gasteiger partial charge in [0, 0.05) is 24.4 Å². The number of carbonyl (C=O) groups is 2. The summed E-state index contributed by atoms with van der Waals surface area (Å²) < 4.78 is 0. The molecule has 0 N–H and O–H groups in total. The highest BCUT2D eigenvalue weighted by Gasteiger charge is 2.34. The van der Waals surface area contributed by atoms with Crippen LogP contribution in [0.4, 0.5) is 0 Å². The molecule has 0 unspecified atom stereocenters. The predicted octanol–water partition coefficient (Wildman–Crippen LogP) is 2.84. The Hall–Kier alpha value is -2.42. The van der Waals surface area contributed by atoms with Gasteiger partial charge in [-0.05, 0) is 17.7 Å². The van der Waals surface area contributed by atoms with Crippen LogP contribution in [0.5, 0.6) is 0 Å². The zero-order valence-corrected chi connectivity index (χ0v) is 11.0. The number of benzene rings is 2. The maximum Gasteiger partial charge on any atom is 0.260 e. The summed E-state index contributed by atoms with van der Waals surface area (Å²) in [4.78, 5) is 25.8. The summed E-state index contributed by atoms with van der Waals surface area (Å²) in [5.41, 5.74) is 1.68. The minimum absolute atomic E-state index is 0.0901. The second-order valence-electron chi connectivity index (χ2n) is 4.99. The van der Waals surface area contributed by atoms with E-state index in [2.05, 4.69) is 0 Å². The molecule has 2 amide bonds. The second kappa shape index (κ2) is 5.29. The van der Waals surface area contributed by atoms with Gasteiger partial charge in [-0.2, -0.15) is 0 Å². The highest BCUT2D eigenvalue weighted by atomic mass is 16.2. The first-order valence-corrected chi connectivity index (χ1v) is 6.70. The molecule has 3 nitrogen and oxygen atoms in total. The number of amides is 2. The summed E-state index contributed by atoms with van der Waals surface area (Å²) in [7, 11) is 0. The van der Waals surface area contributed by atoms with Gasteiger partial charge >= 0.3 is 0 Å². The van der Waals surface area contributed by atoms with Crippen LogP contribution in [0.3, 0.4) is 0 Å². The smallest absolute Gasteiger partial charge is 0.260 e. The summed E-state index contributed by atoms with van der Waals surface area (Å²) in [6.45, 7) is 0.469. The van der Waals surface area contributed by atoms with Crippen LogP contribution in [0.2, 0.25) is 0 Å². The molecule has 1 atom stereocenters. The first kappa shape index (κ1) is 12.6. The van der Waals surface area contributed by atoms with Crippen LogP contribution in [0.1, 0.15) is 28.3 Å². The molecule has 0 radical (unpaired) electrons. The van der Waals surface area contributed by atoms with E-state index < -0.39 is 0 Å². The summed E-state index contributed by atoms with van der Waals surface area (Å²) in [5.74, 6) is -0.182. The molecule has 100 valence electrons.